The second kappa shape index (κ2) is 6.10. The highest BCUT2D eigenvalue weighted by molar-refractivity contribution is 7.10. The van der Waals surface area contributed by atoms with Crippen molar-refractivity contribution in [2.45, 2.75) is 52.9 Å². The van der Waals surface area contributed by atoms with Crippen LogP contribution in [0.15, 0.2) is 11.5 Å². The fourth-order valence-electron chi connectivity index (χ4n) is 2.19. The lowest BCUT2D eigenvalue weighted by atomic mass is 10.2. The third kappa shape index (κ3) is 4.00. The molecule has 0 spiro atoms. The van der Waals surface area contributed by atoms with Gasteiger partial charge in [0.05, 0.1) is 18.0 Å². The van der Waals surface area contributed by atoms with Crippen molar-refractivity contribution in [2.75, 3.05) is 6.54 Å². The van der Waals surface area contributed by atoms with Crippen molar-refractivity contribution < 1.29 is 14.3 Å². The largest absolute Gasteiger partial charge is 0.487 e. The van der Waals surface area contributed by atoms with Crippen molar-refractivity contribution in [2.24, 2.45) is 0 Å². The highest BCUT2D eigenvalue weighted by Gasteiger charge is 2.29. The van der Waals surface area contributed by atoms with Gasteiger partial charge in [0.25, 0.3) is 0 Å². The van der Waals surface area contributed by atoms with Crippen LogP contribution in [0, 0.1) is 0 Å². The molecule has 0 N–H and O–H groups in total. The number of nitrogens with zero attached hydrogens (tertiary/aromatic N) is 1. The summed E-state index contributed by atoms with van der Waals surface area (Å²) in [6, 6.07) is 0. The Bertz CT molecular complexity index is 542. The van der Waals surface area contributed by atoms with E-state index in [0.29, 0.717) is 13.1 Å². The molecule has 0 unspecified atom stereocenters. The van der Waals surface area contributed by atoms with Gasteiger partial charge < -0.3 is 9.47 Å². The molecule has 5 heteroatoms. The Morgan fingerprint density at radius 2 is 2.24 bits per heavy atom. The Morgan fingerprint density at radius 3 is 2.86 bits per heavy atom. The van der Waals surface area contributed by atoms with Crippen LogP contribution in [0.1, 0.15) is 45.1 Å². The van der Waals surface area contributed by atoms with Gasteiger partial charge in [-0.15, -0.1) is 11.3 Å². The summed E-state index contributed by atoms with van der Waals surface area (Å²) in [6.45, 7) is 10.7. The molecule has 0 fully saturated rings. The highest BCUT2D eigenvalue weighted by Crippen LogP contribution is 2.36. The van der Waals surface area contributed by atoms with Crippen LogP contribution in [-0.4, -0.2) is 29.2 Å². The van der Waals surface area contributed by atoms with E-state index in [1.165, 1.54) is 0 Å². The zero-order valence-corrected chi connectivity index (χ0v) is 14.1. The van der Waals surface area contributed by atoms with Crippen LogP contribution in [0.4, 0.5) is 4.79 Å². The normalized spacial score (nSPS) is 19.1. The molecule has 1 amide bonds. The molecule has 0 saturated carbocycles. The summed E-state index contributed by atoms with van der Waals surface area (Å²) >= 11 is 1.62. The van der Waals surface area contributed by atoms with E-state index in [1.54, 1.807) is 16.2 Å². The lowest BCUT2D eigenvalue weighted by Gasteiger charge is -2.27. The molecule has 1 aliphatic heterocycles. The van der Waals surface area contributed by atoms with Crippen molar-refractivity contribution in [3.8, 4) is 5.75 Å². The van der Waals surface area contributed by atoms with Crippen molar-refractivity contribution in [3.63, 3.8) is 0 Å². The second-order valence-electron chi connectivity index (χ2n) is 6.23. The molecule has 0 aliphatic carbocycles. The van der Waals surface area contributed by atoms with E-state index in [0.717, 1.165) is 16.2 Å². The first-order valence-electron chi connectivity index (χ1n) is 7.18. The number of allylic oxidation sites excluding steroid dienone is 1. The van der Waals surface area contributed by atoms with E-state index in [1.807, 2.05) is 46.8 Å². The van der Waals surface area contributed by atoms with Gasteiger partial charge in [-0.25, -0.2) is 4.79 Å². The number of amides is 1. The van der Waals surface area contributed by atoms with Crippen LogP contribution >= 0.6 is 11.3 Å². The Morgan fingerprint density at radius 1 is 1.52 bits per heavy atom. The highest BCUT2D eigenvalue weighted by atomic mass is 32.1. The molecular formula is C16H23NO3S. The number of carbonyl (C=O) groups is 1. The van der Waals surface area contributed by atoms with E-state index >= 15 is 0 Å². The number of fused-ring (bicyclic) bond motifs is 1. The monoisotopic (exact) mass is 309 g/mol. The maximum absolute atomic E-state index is 12.3. The topological polar surface area (TPSA) is 38.8 Å². The minimum atomic E-state index is -0.484. The van der Waals surface area contributed by atoms with Gasteiger partial charge >= 0.3 is 6.09 Å². The average Bonchev–Trinajstić information content (AvgIpc) is 2.62. The third-order valence-corrected chi connectivity index (χ3v) is 3.94. The van der Waals surface area contributed by atoms with Crippen LogP contribution in [0.5, 0.6) is 5.75 Å². The molecule has 0 radical (unpaired) electrons. The smallest absolute Gasteiger partial charge is 0.410 e. The first-order chi connectivity index (χ1) is 9.80. The Balaban J connectivity index is 2.22. The number of thiophene rings is 1. The van der Waals surface area contributed by atoms with Crippen molar-refractivity contribution in [1.82, 2.24) is 4.90 Å². The third-order valence-electron chi connectivity index (χ3n) is 2.97. The second-order valence-corrected chi connectivity index (χ2v) is 7.20. The Hall–Kier alpha value is -1.49. The molecule has 0 saturated heterocycles. The minimum Gasteiger partial charge on any atom is -0.487 e. The SMILES string of the molecule is CC=Cc1csc2c1O[C@@H](C)CN(C(=O)OC(C)(C)C)C2. The first-order valence-corrected chi connectivity index (χ1v) is 8.05. The molecule has 1 aromatic rings. The zero-order chi connectivity index (χ0) is 15.6. The number of hydrogen-bond donors (Lipinski definition) is 0. The summed E-state index contributed by atoms with van der Waals surface area (Å²) in [6.07, 6.45) is 3.68. The molecule has 4 nitrogen and oxygen atoms in total. The Labute approximate surface area is 130 Å². The van der Waals surface area contributed by atoms with Crippen LogP contribution in [0.2, 0.25) is 0 Å². The van der Waals surface area contributed by atoms with E-state index in [-0.39, 0.29) is 12.2 Å². The van der Waals surface area contributed by atoms with Crippen LogP contribution in [0.25, 0.3) is 6.08 Å². The lowest BCUT2D eigenvalue weighted by Crippen LogP contribution is -2.39. The van der Waals surface area contributed by atoms with Gasteiger partial charge in [0, 0.05) is 10.9 Å². The maximum atomic E-state index is 12.3. The van der Waals surface area contributed by atoms with Crippen LogP contribution in [-0.2, 0) is 11.3 Å². The molecule has 2 heterocycles. The summed E-state index contributed by atoms with van der Waals surface area (Å²) in [7, 11) is 0. The maximum Gasteiger partial charge on any atom is 0.410 e. The number of rotatable bonds is 1. The average molecular weight is 309 g/mol. The van der Waals surface area contributed by atoms with E-state index in [9.17, 15) is 4.79 Å². The fraction of sp³-hybridized carbons (Fsp3) is 0.562. The molecule has 0 aromatic carbocycles. The molecule has 116 valence electrons. The number of ether oxygens (including phenoxy) is 2. The van der Waals surface area contributed by atoms with E-state index in [2.05, 4.69) is 5.38 Å². The molecule has 21 heavy (non-hydrogen) atoms. The summed E-state index contributed by atoms with van der Waals surface area (Å²) in [5.74, 6) is 0.900. The summed E-state index contributed by atoms with van der Waals surface area (Å²) in [5, 5.41) is 2.07. The van der Waals surface area contributed by atoms with Gasteiger partial charge in [-0.1, -0.05) is 12.2 Å². The van der Waals surface area contributed by atoms with E-state index < -0.39 is 5.60 Å². The molecule has 2 rings (SSSR count). The predicted molar refractivity (Wildman–Crippen MR) is 85.8 cm³/mol. The van der Waals surface area contributed by atoms with Crippen molar-refractivity contribution >= 4 is 23.5 Å². The van der Waals surface area contributed by atoms with Crippen molar-refractivity contribution in [3.05, 3.63) is 21.9 Å². The quantitative estimate of drug-likeness (QED) is 0.776. The lowest BCUT2D eigenvalue weighted by molar-refractivity contribution is 0.0189. The predicted octanol–water partition coefficient (Wildman–Crippen LogP) is 4.30. The standard InChI is InChI=1S/C16H23NO3S/c1-6-7-12-10-21-13-9-17(8-11(2)19-14(12)13)15(18)20-16(3,4)5/h6-7,10-11H,8-9H2,1-5H3/t11-/m0/s1. The fourth-order valence-corrected chi connectivity index (χ4v) is 3.15. The summed E-state index contributed by atoms with van der Waals surface area (Å²) in [4.78, 5) is 15.1. The van der Waals surface area contributed by atoms with Crippen LogP contribution < -0.4 is 4.74 Å². The molecular weight excluding hydrogens is 286 g/mol. The zero-order valence-electron chi connectivity index (χ0n) is 13.3. The van der Waals surface area contributed by atoms with E-state index in [4.69, 9.17) is 9.47 Å². The van der Waals surface area contributed by atoms with Gasteiger partial charge in [-0.05, 0) is 34.6 Å². The molecule has 1 atom stereocenters. The van der Waals surface area contributed by atoms with Crippen LogP contribution in [0.3, 0.4) is 0 Å². The summed E-state index contributed by atoms with van der Waals surface area (Å²) < 4.78 is 11.5. The van der Waals surface area contributed by atoms with Gasteiger partial charge in [0.15, 0.2) is 0 Å². The van der Waals surface area contributed by atoms with Gasteiger partial charge in [-0.3, -0.25) is 4.90 Å². The first kappa shape index (κ1) is 15.9. The van der Waals surface area contributed by atoms with Gasteiger partial charge in [0.1, 0.15) is 17.5 Å². The molecule has 1 aliphatic rings. The number of carbonyl (C=O) groups excluding carboxylic acids is 1. The minimum absolute atomic E-state index is 0.0580. The van der Waals surface area contributed by atoms with Gasteiger partial charge in [0.2, 0.25) is 0 Å². The van der Waals surface area contributed by atoms with Crippen molar-refractivity contribution in [1.29, 1.82) is 0 Å². The number of hydrogen-bond acceptors (Lipinski definition) is 4. The Kier molecular flexibility index (Phi) is 4.61. The van der Waals surface area contributed by atoms with Gasteiger partial charge in [-0.2, -0.15) is 0 Å². The molecule has 0 bridgehead atoms. The molecule has 1 aromatic heterocycles. The summed E-state index contributed by atoms with van der Waals surface area (Å²) in [5.41, 5.74) is 0.595.